The maximum absolute atomic E-state index is 11.4. The van der Waals surface area contributed by atoms with Crippen molar-refractivity contribution in [3.63, 3.8) is 0 Å². The summed E-state index contributed by atoms with van der Waals surface area (Å²) in [4.78, 5) is 13.6. The van der Waals surface area contributed by atoms with E-state index >= 15 is 0 Å². The zero-order chi connectivity index (χ0) is 15.0. The van der Waals surface area contributed by atoms with E-state index in [1.807, 2.05) is 0 Å². The standard InChI is InChI=1S/C12H26BN3O4.3ClH/c14-12(11(17)18,3-1-2-5-13(19)20)4-8-16-9-6-15-7-10-16;;;/h15,19-20H,1-10,14H2,(H,17,18);3*1H. The summed E-state index contributed by atoms with van der Waals surface area (Å²) in [5.74, 6) is -0.975. The first kappa shape index (κ1) is 28.0. The van der Waals surface area contributed by atoms with Crippen molar-refractivity contribution in [1.29, 1.82) is 0 Å². The molecule has 1 rings (SSSR count). The summed E-state index contributed by atoms with van der Waals surface area (Å²) in [5.41, 5.74) is 4.79. The van der Waals surface area contributed by atoms with Gasteiger partial charge in [0.25, 0.3) is 0 Å². The van der Waals surface area contributed by atoms with Gasteiger partial charge >= 0.3 is 13.1 Å². The average Bonchev–Trinajstić information content (AvgIpc) is 2.42. The molecular weight excluding hydrogens is 367 g/mol. The van der Waals surface area contributed by atoms with Crippen LogP contribution in [-0.2, 0) is 4.79 Å². The molecule has 1 atom stereocenters. The van der Waals surface area contributed by atoms with Crippen LogP contribution in [-0.4, -0.2) is 71.4 Å². The van der Waals surface area contributed by atoms with E-state index in [0.717, 1.165) is 26.2 Å². The smallest absolute Gasteiger partial charge is 0.451 e. The fourth-order valence-electron chi connectivity index (χ4n) is 2.40. The summed E-state index contributed by atoms with van der Waals surface area (Å²) in [5, 5.41) is 30.1. The van der Waals surface area contributed by atoms with E-state index in [1.54, 1.807) is 0 Å². The fourth-order valence-corrected chi connectivity index (χ4v) is 2.40. The van der Waals surface area contributed by atoms with Crippen LogP contribution < -0.4 is 11.1 Å². The largest absolute Gasteiger partial charge is 0.480 e. The van der Waals surface area contributed by atoms with Crippen LogP contribution in [0.2, 0.25) is 6.32 Å². The predicted molar refractivity (Wildman–Crippen MR) is 99.1 cm³/mol. The highest BCUT2D eigenvalue weighted by Gasteiger charge is 2.33. The molecule has 23 heavy (non-hydrogen) atoms. The number of carbonyl (C=O) groups is 1. The van der Waals surface area contributed by atoms with E-state index in [2.05, 4.69) is 10.2 Å². The second kappa shape index (κ2) is 14.5. The molecule has 140 valence electrons. The Balaban J connectivity index is -0.00000133. The van der Waals surface area contributed by atoms with E-state index in [-0.39, 0.29) is 43.5 Å². The molecule has 1 fully saturated rings. The summed E-state index contributed by atoms with van der Waals surface area (Å²) in [6.07, 6.45) is 2.19. The van der Waals surface area contributed by atoms with Gasteiger partial charge < -0.3 is 31.1 Å². The second-order valence-corrected chi connectivity index (χ2v) is 5.53. The SMILES string of the molecule is Cl.Cl.Cl.NC(CCCCB(O)O)(CCN1CCNCC1)C(=O)O. The summed E-state index contributed by atoms with van der Waals surface area (Å²) in [6.45, 7) is 4.39. The first-order valence-electron chi connectivity index (χ1n) is 7.25. The third-order valence-electron chi connectivity index (χ3n) is 3.84. The van der Waals surface area contributed by atoms with Crippen LogP contribution in [0.25, 0.3) is 0 Å². The van der Waals surface area contributed by atoms with Crippen molar-refractivity contribution < 1.29 is 19.9 Å². The third kappa shape index (κ3) is 11.4. The summed E-state index contributed by atoms with van der Waals surface area (Å²) in [7, 11) is -1.33. The van der Waals surface area contributed by atoms with Gasteiger partial charge in [0.15, 0.2) is 0 Å². The number of nitrogens with two attached hydrogens (primary N) is 1. The Morgan fingerprint density at radius 2 is 1.70 bits per heavy atom. The van der Waals surface area contributed by atoms with Crippen LogP contribution in [0.15, 0.2) is 0 Å². The fraction of sp³-hybridized carbons (Fsp3) is 0.917. The molecule has 0 saturated carbocycles. The minimum Gasteiger partial charge on any atom is -0.480 e. The predicted octanol–water partition coefficient (Wildman–Crippen LogP) is -0.0277. The molecule has 1 aliphatic heterocycles. The number of hydrogen-bond donors (Lipinski definition) is 5. The van der Waals surface area contributed by atoms with Gasteiger partial charge in [0, 0.05) is 32.7 Å². The Morgan fingerprint density at radius 3 is 2.17 bits per heavy atom. The third-order valence-corrected chi connectivity index (χ3v) is 3.84. The average molecular weight is 397 g/mol. The molecule has 0 spiro atoms. The summed E-state index contributed by atoms with van der Waals surface area (Å²) >= 11 is 0. The van der Waals surface area contributed by atoms with Crippen LogP contribution in [0.1, 0.15) is 25.7 Å². The van der Waals surface area contributed by atoms with Crippen molar-refractivity contribution in [2.75, 3.05) is 32.7 Å². The topological polar surface area (TPSA) is 119 Å². The molecule has 0 radical (unpaired) electrons. The molecule has 0 aromatic carbocycles. The maximum atomic E-state index is 11.4. The van der Waals surface area contributed by atoms with Gasteiger partial charge in [-0.1, -0.05) is 12.8 Å². The van der Waals surface area contributed by atoms with Crippen LogP contribution in [0.3, 0.4) is 0 Å². The molecule has 0 aromatic heterocycles. The molecule has 1 heterocycles. The molecular formula is C12H29BCl3N3O4. The zero-order valence-corrected chi connectivity index (χ0v) is 15.6. The van der Waals surface area contributed by atoms with Gasteiger partial charge in [-0.25, -0.2) is 0 Å². The van der Waals surface area contributed by atoms with Crippen molar-refractivity contribution in [2.24, 2.45) is 5.73 Å². The van der Waals surface area contributed by atoms with Crippen LogP contribution in [0.4, 0.5) is 0 Å². The number of hydrogen-bond acceptors (Lipinski definition) is 6. The van der Waals surface area contributed by atoms with Gasteiger partial charge in [0.1, 0.15) is 5.54 Å². The van der Waals surface area contributed by atoms with Crippen molar-refractivity contribution >= 4 is 50.3 Å². The molecule has 0 amide bonds. The van der Waals surface area contributed by atoms with Crippen LogP contribution >= 0.6 is 37.2 Å². The number of carboxylic acid groups (broad SMARTS) is 1. The molecule has 11 heteroatoms. The molecule has 0 aliphatic carbocycles. The lowest BCUT2D eigenvalue weighted by Gasteiger charge is -2.31. The maximum Gasteiger partial charge on any atom is 0.451 e. The number of piperazine rings is 1. The number of unbranched alkanes of at least 4 members (excludes halogenated alkanes) is 1. The van der Waals surface area contributed by atoms with Crippen molar-refractivity contribution in [3.05, 3.63) is 0 Å². The molecule has 6 N–H and O–H groups in total. The van der Waals surface area contributed by atoms with Gasteiger partial charge in [-0.2, -0.15) is 0 Å². The van der Waals surface area contributed by atoms with E-state index in [9.17, 15) is 9.90 Å². The summed E-state index contributed by atoms with van der Waals surface area (Å²) in [6, 6.07) is 0. The van der Waals surface area contributed by atoms with Crippen molar-refractivity contribution in [1.82, 2.24) is 10.2 Å². The Hall–Kier alpha value is 0.205. The van der Waals surface area contributed by atoms with Crippen LogP contribution in [0.5, 0.6) is 0 Å². The highest BCUT2D eigenvalue weighted by molar-refractivity contribution is 6.40. The van der Waals surface area contributed by atoms with Gasteiger partial charge in [0.2, 0.25) is 0 Å². The van der Waals surface area contributed by atoms with E-state index in [0.29, 0.717) is 32.2 Å². The quantitative estimate of drug-likeness (QED) is 0.274. The number of halogens is 3. The summed E-state index contributed by atoms with van der Waals surface area (Å²) < 4.78 is 0. The molecule has 7 nitrogen and oxygen atoms in total. The molecule has 0 aromatic rings. The van der Waals surface area contributed by atoms with Crippen molar-refractivity contribution in [3.8, 4) is 0 Å². The lowest BCUT2D eigenvalue weighted by molar-refractivity contribution is -0.144. The first-order chi connectivity index (χ1) is 9.44. The Labute approximate surface area is 156 Å². The van der Waals surface area contributed by atoms with E-state index in [1.165, 1.54) is 0 Å². The number of nitrogens with zero attached hydrogens (tertiary/aromatic N) is 1. The van der Waals surface area contributed by atoms with Gasteiger partial charge in [0.05, 0.1) is 0 Å². The van der Waals surface area contributed by atoms with Gasteiger partial charge in [-0.05, 0) is 19.2 Å². The monoisotopic (exact) mass is 395 g/mol. The number of carboxylic acids is 1. The van der Waals surface area contributed by atoms with Crippen molar-refractivity contribution in [2.45, 2.75) is 37.5 Å². The second-order valence-electron chi connectivity index (χ2n) is 5.53. The minimum absolute atomic E-state index is 0. The number of rotatable bonds is 9. The Morgan fingerprint density at radius 1 is 1.13 bits per heavy atom. The van der Waals surface area contributed by atoms with E-state index < -0.39 is 18.6 Å². The number of aliphatic carboxylic acids is 1. The van der Waals surface area contributed by atoms with Gasteiger partial charge in [-0.15, -0.1) is 37.2 Å². The lowest BCUT2D eigenvalue weighted by Crippen LogP contribution is -2.52. The zero-order valence-electron chi connectivity index (χ0n) is 13.1. The normalized spacial score (nSPS) is 17.0. The van der Waals surface area contributed by atoms with Gasteiger partial charge in [-0.3, -0.25) is 4.79 Å². The first-order valence-corrected chi connectivity index (χ1v) is 7.25. The minimum atomic E-state index is -1.33. The number of nitrogens with one attached hydrogen (secondary N) is 1. The Kier molecular flexibility index (Phi) is 17.7. The Bertz CT molecular complexity index is 313. The highest BCUT2D eigenvalue weighted by atomic mass is 35.5. The molecule has 1 aliphatic rings. The molecule has 1 saturated heterocycles. The lowest BCUT2D eigenvalue weighted by atomic mass is 9.81. The van der Waals surface area contributed by atoms with Crippen LogP contribution in [0, 0.1) is 0 Å². The highest BCUT2D eigenvalue weighted by Crippen LogP contribution is 2.18. The van der Waals surface area contributed by atoms with E-state index in [4.69, 9.17) is 15.8 Å². The molecule has 1 unspecified atom stereocenters. The molecule has 0 bridgehead atoms.